The lowest BCUT2D eigenvalue weighted by molar-refractivity contribution is -0.123. The van der Waals surface area contributed by atoms with Crippen LogP contribution in [0.1, 0.15) is 18.5 Å². The minimum absolute atomic E-state index is 0.151. The fourth-order valence-electron chi connectivity index (χ4n) is 4.32. The first kappa shape index (κ1) is 23.7. The number of aromatic nitrogens is 1. The summed E-state index contributed by atoms with van der Waals surface area (Å²) in [7, 11) is -3.72. The van der Waals surface area contributed by atoms with Crippen molar-refractivity contribution in [3.05, 3.63) is 84.6 Å². The van der Waals surface area contributed by atoms with Crippen molar-refractivity contribution < 1.29 is 13.2 Å². The summed E-state index contributed by atoms with van der Waals surface area (Å²) < 4.78 is 27.8. The Labute approximate surface area is 200 Å². The van der Waals surface area contributed by atoms with Crippen LogP contribution in [0, 0.1) is 0 Å². The number of amides is 1. The first-order valence-corrected chi connectivity index (χ1v) is 12.7. The second kappa shape index (κ2) is 10.2. The number of carbonyl (C=O) groups is 1. The monoisotopic (exact) mass is 479 g/mol. The van der Waals surface area contributed by atoms with Crippen molar-refractivity contribution in [1.29, 1.82) is 0 Å². The maximum absolute atomic E-state index is 13.2. The summed E-state index contributed by atoms with van der Waals surface area (Å²) in [5, 5.41) is 0. The lowest BCUT2D eigenvalue weighted by Gasteiger charge is -2.38. The van der Waals surface area contributed by atoms with Gasteiger partial charge in [-0.2, -0.15) is 0 Å². The van der Waals surface area contributed by atoms with Crippen molar-refractivity contribution in [1.82, 2.24) is 9.88 Å². The molecule has 8 nitrogen and oxygen atoms in total. The first-order valence-electron chi connectivity index (χ1n) is 11.3. The number of hydrogen-bond acceptors (Lipinski definition) is 6. The Kier molecular flexibility index (Phi) is 7.14. The van der Waals surface area contributed by atoms with Gasteiger partial charge in [0.25, 0.3) is 10.0 Å². The number of rotatable bonds is 8. The van der Waals surface area contributed by atoms with E-state index in [9.17, 15) is 13.2 Å². The molecule has 1 aliphatic heterocycles. The van der Waals surface area contributed by atoms with Crippen LogP contribution in [0.2, 0.25) is 0 Å². The van der Waals surface area contributed by atoms with Crippen LogP contribution < -0.4 is 14.9 Å². The van der Waals surface area contributed by atoms with Crippen LogP contribution in [-0.4, -0.2) is 56.9 Å². The predicted octanol–water partition coefficient (Wildman–Crippen LogP) is 2.65. The second-order valence-corrected chi connectivity index (χ2v) is 9.96. The van der Waals surface area contributed by atoms with Crippen LogP contribution in [0.4, 0.5) is 11.5 Å². The lowest BCUT2D eigenvalue weighted by atomic mass is 10.0. The smallest absolute Gasteiger partial charge is 0.265 e. The molecule has 1 fully saturated rings. The van der Waals surface area contributed by atoms with Gasteiger partial charge in [0.05, 0.1) is 5.69 Å². The number of benzene rings is 2. The molecule has 0 aliphatic carbocycles. The molecular weight excluding hydrogens is 450 g/mol. The molecule has 0 bridgehead atoms. The zero-order chi connectivity index (χ0) is 24.1. The van der Waals surface area contributed by atoms with Gasteiger partial charge in [0.1, 0.15) is 16.8 Å². The average molecular weight is 480 g/mol. The highest BCUT2D eigenvalue weighted by molar-refractivity contribution is 7.92. The highest BCUT2D eigenvalue weighted by Gasteiger charge is 2.30. The molecule has 9 heteroatoms. The summed E-state index contributed by atoms with van der Waals surface area (Å²) in [6.45, 7) is 4.71. The molecule has 0 spiro atoms. The van der Waals surface area contributed by atoms with Crippen molar-refractivity contribution in [2.75, 3.05) is 41.9 Å². The van der Waals surface area contributed by atoms with Crippen LogP contribution in [0.25, 0.3) is 0 Å². The summed E-state index contributed by atoms with van der Waals surface area (Å²) >= 11 is 0. The molecule has 1 amide bonds. The minimum Gasteiger partial charge on any atom is -0.368 e. The molecule has 1 aliphatic rings. The maximum Gasteiger partial charge on any atom is 0.265 e. The maximum atomic E-state index is 13.2. The molecule has 4 rings (SSSR count). The van der Waals surface area contributed by atoms with E-state index in [-0.39, 0.29) is 10.8 Å². The Hall–Kier alpha value is -3.43. The third-order valence-electron chi connectivity index (χ3n) is 6.03. The van der Waals surface area contributed by atoms with Crippen molar-refractivity contribution in [2.45, 2.75) is 17.9 Å². The summed E-state index contributed by atoms with van der Waals surface area (Å²) in [6, 6.07) is 21.4. The third kappa shape index (κ3) is 4.90. The number of anilines is 2. The molecule has 2 N–H and O–H groups in total. The van der Waals surface area contributed by atoms with Crippen LogP contribution in [0.15, 0.2) is 83.9 Å². The van der Waals surface area contributed by atoms with E-state index in [1.807, 2.05) is 48.5 Å². The molecule has 1 atom stereocenters. The van der Waals surface area contributed by atoms with E-state index in [2.05, 4.69) is 14.8 Å². The number of primary amides is 1. The lowest BCUT2D eigenvalue weighted by Crippen LogP contribution is -2.50. The van der Waals surface area contributed by atoms with Crippen LogP contribution in [-0.2, 0) is 14.8 Å². The van der Waals surface area contributed by atoms with E-state index in [4.69, 9.17) is 5.73 Å². The number of pyridine rings is 1. The number of carbonyl (C=O) groups excluding carboxylic acids is 1. The fourth-order valence-corrected chi connectivity index (χ4v) is 5.74. The molecule has 3 aromatic rings. The molecule has 1 aromatic heterocycles. The Bertz CT molecular complexity index is 1200. The highest BCUT2D eigenvalue weighted by Crippen LogP contribution is 2.26. The topological polar surface area (TPSA) is 99.8 Å². The number of sulfonamides is 1. The van der Waals surface area contributed by atoms with Gasteiger partial charge >= 0.3 is 0 Å². The summed E-state index contributed by atoms with van der Waals surface area (Å²) in [5.41, 5.74) is 7.22. The number of para-hydroxylation sites is 1. The van der Waals surface area contributed by atoms with Gasteiger partial charge < -0.3 is 10.6 Å². The molecule has 2 aromatic carbocycles. The third-order valence-corrected chi connectivity index (χ3v) is 7.91. The fraction of sp³-hybridized carbons (Fsp3) is 0.280. The SMILES string of the molecule is CCN(c1ccccc1)S(=O)(=O)c1ccc(N2CCN(C(C(N)=O)c3ccccc3)CC2)nc1. The van der Waals surface area contributed by atoms with Gasteiger partial charge in [-0.05, 0) is 36.8 Å². The van der Waals surface area contributed by atoms with Gasteiger partial charge in [-0.3, -0.25) is 14.0 Å². The van der Waals surface area contributed by atoms with Crippen LogP contribution in [0.5, 0.6) is 0 Å². The van der Waals surface area contributed by atoms with E-state index < -0.39 is 16.1 Å². The molecule has 178 valence electrons. The van der Waals surface area contributed by atoms with Crippen LogP contribution in [0.3, 0.4) is 0 Å². The number of piperazine rings is 1. The highest BCUT2D eigenvalue weighted by atomic mass is 32.2. The van der Waals surface area contributed by atoms with Crippen molar-refractivity contribution >= 4 is 27.4 Å². The quantitative estimate of drug-likeness (QED) is 0.533. The second-order valence-electron chi connectivity index (χ2n) is 8.10. The standard InChI is InChI=1S/C25H29N5O3S/c1-2-30(21-11-7-4-8-12-21)34(32,33)22-13-14-23(27-19-22)28-15-17-29(18-16-28)24(25(26)31)20-9-5-3-6-10-20/h3-14,19,24H,2,15-18H2,1H3,(H2,26,31). The van der Waals surface area contributed by atoms with E-state index in [0.717, 1.165) is 5.56 Å². The van der Waals surface area contributed by atoms with Gasteiger partial charge in [-0.1, -0.05) is 48.5 Å². The normalized spacial score (nSPS) is 15.6. The molecule has 34 heavy (non-hydrogen) atoms. The van der Waals surface area contributed by atoms with Crippen molar-refractivity contribution in [3.8, 4) is 0 Å². The number of nitrogens with two attached hydrogens (primary N) is 1. The van der Waals surface area contributed by atoms with E-state index in [1.165, 1.54) is 10.5 Å². The van der Waals surface area contributed by atoms with Gasteiger partial charge in [0.2, 0.25) is 5.91 Å². The minimum atomic E-state index is -3.72. The number of hydrogen-bond donors (Lipinski definition) is 1. The Morgan fingerprint density at radius 3 is 2.12 bits per heavy atom. The first-order chi connectivity index (χ1) is 16.4. The molecular formula is C25H29N5O3S. The van der Waals surface area contributed by atoms with Crippen molar-refractivity contribution in [2.24, 2.45) is 5.73 Å². The average Bonchev–Trinajstić information content (AvgIpc) is 2.86. The van der Waals surface area contributed by atoms with Gasteiger partial charge in [0.15, 0.2) is 0 Å². The summed E-state index contributed by atoms with van der Waals surface area (Å²) in [4.78, 5) is 20.9. The Morgan fingerprint density at radius 2 is 1.59 bits per heavy atom. The van der Waals surface area contributed by atoms with E-state index in [1.54, 1.807) is 31.2 Å². The molecule has 1 unspecified atom stereocenters. The Balaban J connectivity index is 1.45. The molecule has 0 radical (unpaired) electrons. The van der Waals surface area contributed by atoms with Crippen LogP contribution >= 0.6 is 0 Å². The van der Waals surface area contributed by atoms with Gasteiger partial charge in [0, 0.05) is 38.9 Å². The molecule has 1 saturated heterocycles. The number of nitrogens with zero attached hydrogens (tertiary/aromatic N) is 4. The summed E-state index contributed by atoms with van der Waals surface area (Å²) in [5.74, 6) is 0.336. The molecule has 2 heterocycles. The van der Waals surface area contributed by atoms with Crippen molar-refractivity contribution in [3.63, 3.8) is 0 Å². The van der Waals surface area contributed by atoms with E-state index >= 15 is 0 Å². The van der Waals surface area contributed by atoms with Gasteiger partial charge in [-0.25, -0.2) is 13.4 Å². The summed E-state index contributed by atoms with van der Waals surface area (Å²) in [6.07, 6.45) is 1.42. The zero-order valence-electron chi connectivity index (χ0n) is 19.1. The largest absolute Gasteiger partial charge is 0.368 e. The van der Waals surface area contributed by atoms with E-state index in [0.29, 0.717) is 44.2 Å². The molecule has 0 saturated carbocycles. The predicted molar refractivity (Wildman–Crippen MR) is 133 cm³/mol. The Morgan fingerprint density at radius 1 is 0.971 bits per heavy atom. The zero-order valence-corrected chi connectivity index (χ0v) is 19.9. The van der Waals surface area contributed by atoms with Gasteiger partial charge in [-0.15, -0.1) is 0 Å².